The second kappa shape index (κ2) is 7.79. The number of nitrogens with two attached hydrogens (primary N) is 1. The molecule has 4 nitrogen and oxygen atoms in total. The van der Waals surface area contributed by atoms with Crippen molar-refractivity contribution in [3.63, 3.8) is 0 Å². The van der Waals surface area contributed by atoms with Gasteiger partial charge in [-0.05, 0) is 18.8 Å². The van der Waals surface area contributed by atoms with Gasteiger partial charge < -0.3 is 15.8 Å². The fourth-order valence-electron chi connectivity index (χ4n) is 1.53. The van der Waals surface area contributed by atoms with Gasteiger partial charge in [0.1, 0.15) is 0 Å². The summed E-state index contributed by atoms with van der Waals surface area (Å²) in [4.78, 5) is 11.2. The molecule has 0 aromatic heterocycles. The van der Waals surface area contributed by atoms with E-state index >= 15 is 0 Å². The van der Waals surface area contributed by atoms with Crippen molar-refractivity contribution in [2.45, 2.75) is 25.2 Å². The number of alkyl halides is 2. The molecule has 0 bridgehead atoms. The molecule has 1 heterocycles. The lowest BCUT2D eigenvalue weighted by molar-refractivity contribution is -0.123. The van der Waals surface area contributed by atoms with E-state index in [2.05, 4.69) is 5.32 Å². The van der Waals surface area contributed by atoms with Crippen molar-refractivity contribution in [1.82, 2.24) is 5.32 Å². The second-order valence-electron chi connectivity index (χ2n) is 4.11. The molecule has 1 rings (SSSR count). The summed E-state index contributed by atoms with van der Waals surface area (Å²) in [6.07, 6.45) is 1.92. The Hall–Kier alpha value is -0.460. The summed E-state index contributed by atoms with van der Waals surface area (Å²) >= 11 is 0. The first-order valence-electron chi connectivity index (χ1n) is 5.46. The van der Waals surface area contributed by atoms with Crippen molar-refractivity contribution in [3.05, 3.63) is 0 Å². The molecular formula is C10H19ClF2N2O2. The predicted molar refractivity (Wildman–Crippen MR) is 62.4 cm³/mol. The molecule has 0 aliphatic carbocycles. The first kappa shape index (κ1) is 16.5. The Morgan fingerprint density at radius 2 is 2.24 bits per heavy atom. The van der Waals surface area contributed by atoms with Crippen LogP contribution in [0.2, 0.25) is 0 Å². The number of halogens is 3. The molecule has 0 aromatic carbocycles. The van der Waals surface area contributed by atoms with Gasteiger partial charge in [0.05, 0.1) is 13.1 Å². The standard InChI is InChI=1S/C10H18F2N2O2.ClH/c11-10(12,6-13)7-14-9(15)2-1-8-3-4-16-5-8;/h8H,1-7,13H2,(H,14,15);1H. The summed E-state index contributed by atoms with van der Waals surface area (Å²) in [6, 6.07) is 0. The van der Waals surface area contributed by atoms with E-state index in [1.165, 1.54) is 0 Å². The maximum absolute atomic E-state index is 12.7. The van der Waals surface area contributed by atoms with Crippen molar-refractivity contribution in [2.75, 3.05) is 26.3 Å². The SMILES string of the molecule is Cl.NCC(F)(F)CNC(=O)CCC1CCOC1. The van der Waals surface area contributed by atoms with Gasteiger partial charge in [0.2, 0.25) is 5.91 Å². The highest BCUT2D eigenvalue weighted by Gasteiger charge is 2.27. The average molecular weight is 273 g/mol. The van der Waals surface area contributed by atoms with Gasteiger partial charge in [0.25, 0.3) is 5.92 Å². The van der Waals surface area contributed by atoms with E-state index in [0.717, 1.165) is 13.0 Å². The van der Waals surface area contributed by atoms with Crippen LogP contribution in [-0.4, -0.2) is 38.1 Å². The Kier molecular flexibility index (Phi) is 7.58. The lowest BCUT2D eigenvalue weighted by Crippen LogP contribution is -2.41. The highest BCUT2D eigenvalue weighted by molar-refractivity contribution is 5.85. The molecule has 1 atom stereocenters. The number of carbonyl (C=O) groups is 1. The van der Waals surface area contributed by atoms with E-state index in [1.54, 1.807) is 0 Å². The Balaban J connectivity index is 0.00000256. The van der Waals surface area contributed by atoms with E-state index < -0.39 is 19.0 Å². The summed E-state index contributed by atoms with van der Waals surface area (Å²) in [7, 11) is 0. The average Bonchev–Trinajstić information content (AvgIpc) is 2.76. The number of hydrogen-bond donors (Lipinski definition) is 2. The molecule has 3 N–H and O–H groups in total. The van der Waals surface area contributed by atoms with Crippen LogP contribution in [0.3, 0.4) is 0 Å². The van der Waals surface area contributed by atoms with Crippen molar-refractivity contribution in [2.24, 2.45) is 11.7 Å². The predicted octanol–water partition coefficient (Wildman–Crippen LogP) is 0.935. The first-order chi connectivity index (χ1) is 7.53. The fraction of sp³-hybridized carbons (Fsp3) is 0.900. The largest absolute Gasteiger partial charge is 0.381 e. The Labute approximate surface area is 106 Å². The molecule has 1 amide bonds. The number of amides is 1. The van der Waals surface area contributed by atoms with Crippen LogP contribution < -0.4 is 11.1 Å². The van der Waals surface area contributed by atoms with Crippen LogP contribution in [0, 0.1) is 5.92 Å². The molecule has 1 aliphatic heterocycles. The maximum Gasteiger partial charge on any atom is 0.277 e. The normalized spacial score (nSPS) is 19.8. The van der Waals surface area contributed by atoms with Crippen molar-refractivity contribution >= 4 is 18.3 Å². The number of rotatable bonds is 6. The van der Waals surface area contributed by atoms with Crippen LogP contribution in [0.25, 0.3) is 0 Å². The quantitative estimate of drug-likeness (QED) is 0.756. The van der Waals surface area contributed by atoms with Gasteiger partial charge in [0, 0.05) is 19.6 Å². The minimum absolute atomic E-state index is 0. The molecule has 102 valence electrons. The minimum atomic E-state index is -3.01. The van der Waals surface area contributed by atoms with Gasteiger partial charge in [-0.1, -0.05) is 0 Å². The molecule has 1 aliphatic rings. The molecule has 1 fully saturated rings. The molecule has 0 aromatic rings. The maximum atomic E-state index is 12.7. The van der Waals surface area contributed by atoms with Gasteiger partial charge >= 0.3 is 0 Å². The third-order valence-corrected chi connectivity index (χ3v) is 2.65. The summed E-state index contributed by atoms with van der Waals surface area (Å²) in [5.41, 5.74) is 4.85. The molecular weight excluding hydrogens is 254 g/mol. The number of hydrogen-bond acceptors (Lipinski definition) is 3. The van der Waals surface area contributed by atoms with Crippen LogP contribution in [0.4, 0.5) is 8.78 Å². The third kappa shape index (κ3) is 6.75. The zero-order chi connectivity index (χ0) is 12.0. The monoisotopic (exact) mass is 272 g/mol. The summed E-state index contributed by atoms with van der Waals surface area (Å²) in [5, 5.41) is 2.19. The molecule has 17 heavy (non-hydrogen) atoms. The highest BCUT2D eigenvalue weighted by atomic mass is 35.5. The van der Waals surface area contributed by atoms with Crippen molar-refractivity contribution in [1.29, 1.82) is 0 Å². The van der Waals surface area contributed by atoms with Crippen LogP contribution in [0.5, 0.6) is 0 Å². The van der Waals surface area contributed by atoms with E-state index in [9.17, 15) is 13.6 Å². The lowest BCUT2D eigenvalue weighted by Gasteiger charge is -2.14. The highest BCUT2D eigenvalue weighted by Crippen LogP contribution is 2.17. The Morgan fingerprint density at radius 3 is 2.76 bits per heavy atom. The van der Waals surface area contributed by atoms with Crippen LogP contribution in [0.15, 0.2) is 0 Å². The van der Waals surface area contributed by atoms with Crippen LogP contribution in [-0.2, 0) is 9.53 Å². The van der Waals surface area contributed by atoms with Crippen LogP contribution in [0.1, 0.15) is 19.3 Å². The minimum Gasteiger partial charge on any atom is -0.381 e. The Morgan fingerprint density at radius 1 is 1.53 bits per heavy atom. The molecule has 0 spiro atoms. The second-order valence-corrected chi connectivity index (χ2v) is 4.11. The number of ether oxygens (including phenoxy) is 1. The molecule has 1 unspecified atom stereocenters. The number of nitrogens with one attached hydrogen (secondary N) is 1. The number of carbonyl (C=O) groups excluding carboxylic acids is 1. The topological polar surface area (TPSA) is 64.3 Å². The van der Waals surface area contributed by atoms with Crippen molar-refractivity contribution < 1.29 is 18.3 Å². The van der Waals surface area contributed by atoms with E-state index in [-0.39, 0.29) is 24.7 Å². The summed E-state index contributed by atoms with van der Waals surface area (Å²) < 4.78 is 30.5. The van der Waals surface area contributed by atoms with Crippen molar-refractivity contribution in [3.8, 4) is 0 Å². The van der Waals surface area contributed by atoms with E-state index in [1.807, 2.05) is 0 Å². The smallest absolute Gasteiger partial charge is 0.277 e. The lowest BCUT2D eigenvalue weighted by atomic mass is 10.0. The van der Waals surface area contributed by atoms with E-state index in [0.29, 0.717) is 18.9 Å². The van der Waals surface area contributed by atoms with Gasteiger partial charge in [-0.3, -0.25) is 4.79 Å². The summed E-state index contributed by atoms with van der Waals surface area (Å²) in [6.45, 7) is -0.0169. The Bertz CT molecular complexity index is 236. The molecule has 0 saturated carbocycles. The first-order valence-corrected chi connectivity index (χ1v) is 5.46. The molecule has 1 saturated heterocycles. The zero-order valence-corrected chi connectivity index (χ0v) is 10.4. The van der Waals surface area contributed by atoms with E-state index in [4.69, 9.17) is 10.5 Å². The van der Waals surface area contributed by atoms with Gasteiger partial charge in [-0.25, -0.2) is 8.78 Å². The molecule has 0 radical (unpaired) electrons. The zero-order valence-electron chi connectivity index (χ0n) is 9.59. The summed E-state index contributed by atoms with van der Waals surface area (Å²) in [5.74, 6) is -2.97. The van der Waals surface area contributed by atoms with Crippen LogP contribution >= 0.6 is 12.4 Å². The van der Waals surface area contributed by atoms with Gasteiger partial charge in [0.15, 0.2) is 0 Å². The van der Waals surface area contributed by atoms with Gasteiger partial charge in [-0.2, -0.15) is 0 Å². The van der Waals surface area contributed by atoms with Gasteiger partial charge in [-0.15, -0.1) is 12.4 Å². The third-order valence-electron chi connectivity index (χ3n) is 2.65. The molecule has 7 heteroatoms. The fourth-order valence-corrected chi connectivity index (χ4v) is 1.53.